The van der Waals surface area contributed by atoms with E-state index in [1.807, 2.05) is 32.0 Å². The summed E-state index contributed by atoms with van der Waals surface area (Å²) in [5.41, 5.74) is 0.941. The van der Waals surface area contributed by atoms with Crippen LogP contribution in [-0.2, 0) is 0 Å². The van der Waals surface area contributed by atoms with E-state index in [9.17, 15) is 4.79 Å². The monoisotopic (exact) mass is 421 g/mol. The molecule has 7 nitrogen and oxygen atoms in total. The molecule has 0 unspecified atom stereocenters. The number of hydrogen-bond acceptors (Lipinski definition) is 6. The van der Waals surface area contributed by atoms with Gasteiger partial charge in [0.05, 0.1) is 0 Å². The summed E-state index contributed by atoms with van der Waals surface area (Å²) in [6, 6.07) is 5.84. The van der Waals surface area contributed by atoms with Gasteiger partial charge >= 0.3 is 0 Å². The van der Waals surface area contributed by atoms with E-state index in [1.54, 1.807) is 12.1 Å². The van der Waals surface area contributed by atoms with Crippen molar-refractivity contribution in [2.75, 3.05) is 24.3 Å². The molecule has 0 atom stereocenters. The number of amides is 1. The topological polar surface area (TPSA) is 83.3 Å². The maximum absolute atomic E-state index is 12.2. The molecule has 1 saturated carbocycles. The zero-order valence-corrected chi connectivity index (χ0v) is 16.8. The summed E-state index contributed by atoms with van der Waals surface area (Å²) in [5, 5.41) is 6.49. The van der Waals surface area contributed by atoms with E-state index >= 15 is 0 Å². The van der Waals surface area contributed by atoms with Crippen LogP contribution in [0.15, 0.2) is 27.3 Å². The standard InChI is InChI=1S/C18H24BrN5O2/c1-11-10-16(24(2)3)23-18(20-11)22-13-6-4-12(5-7-13)21-17(25)14-8-9-15(19)26-14/h8-10,12-13H,4-7H2,1-3H3,(H,21,25)(H,20,22,23)/t12-,13+. The minimum Gasteiger partial charge on any atom is -0.444 e. The number of rotatable bonds is 5. The van der Waals surface area contributed by atoms with Crippen molar-refractivity contribution in [2.24, 2.45) is 0 Å². The van der Waals surface area contributed by atoms with Gasteiger partial charge < -0.3 is 20.0 Å². The Morgan fingerprint density at radius 2 is 1.88 bits per heavy atom. The summed E-state index contributed by atoms with van der Waals surface area (Å²) < 4.78 is 5.86. The molecule has 1 aliphatic rings. The number of furan rings is 1. The second kappa shape index (κ2) is 8.07. The van der Waals surface area contributed by atoms with Gasteiger partial charge in [0, 0.05) is 37.9 Å². The van der Waals surface area contributed by atoms with E-state index in [-0.39, 0.29) is 11.9 Å². The van der Waals surface area contributed by atoms with E-state index in [4.69, 9.17) is 4.42 Å². The molecule has 1 aliphatic carbocycles. The molecule has 26 heavy (non-hydrogen) atoms. The molecule has 2 aromatic rings. The van der Waals surface area contributed by atoms with Crippen LogP contribution in [0.4, 0.5) is 11.8 Å². The first kappa shape index (κ1) is 18.7. The maximum atomic E-state index is 12.2. The van der Waals surface area contributed by atoms with Gasteiger partial charge in [-0.05, 0) is 60.7 Å². The normalized spacial score (nSPS) is 19.8. The Hall–Kier alpha value is -2.09. The van der Waals surface area contributed by atoms with Crippen molar-refractivity contribution in [3.8, 4) is 0 Å². The first-order valence-corrected chi connectivity index (χ1v) is 9.56. The predicted molar refractivity (Wildman–Crippen MR) is 105 cm³/mol. The predicted octanol–water partition coefficient (Wildman–Crippen LogP) is 3.36. The molecule has 0 spiro atoms. The number of nitrogens with one attached hydrogen (secondary N) is 2. The van der Waals surface area contributed by atoms with E-state index in [0.29, 0.717) is 22.4 Å². The molecule has 3 rings (SSSR count). The van der Waals surface area contributed by atoms with Crippen molar-refractivity contribution >= 4 is 33.6 Å². The first-order chi connectivity index (χ1) is 12.4. The van der Waals surface area contributed by atoms with Crippen LogP contribution in [0.25, 0.3) is 0 Å². The minimum atomic E-state index is -0.162. The largest absolute Gasteiger partial charge is 0.444 e. The summed E-state index contributed by atoms with van der Waals surface area (Å²) >= 11 is 3.21. The molecule has 2 N–H and O–H groups in total. The Bertz CT molecular complexity index is 769. The van der Waals surface area contributed by atoms with Gasteiger partial charge in [-0.3, -0.25) is 4.79 Å². The van der Waals surface area contributed by atoms with Crippen molar-refractivity contribution in [2.45, 2.75) is 44.7 Å². The lowest BCUT2D eigenvalue weighted by Crippen LogP contribution is -2.40. The van der Waals surface area contributed by atoms with Gasteiger partial charge in [-0.25, -0.2) is 4.98 Å². The molecule has 8 heteroatoms. The number of anilines is 2. The fourth-order valence-electron chi connectivity index (χ4n) is 3.10. The van der Waals surface area contributed by atoms with E-state index < -0.39 is 0 Å². The van der Waals surface area contributed by atoms with E-state index in [1.165, 1.54) is 0 Å². The first-order valence-electron chi connectivity index (χ1n) is 8.76. The molecule has 2 aromatic heterocycles. The van der Waals surface area contributed by atoms with Crippen molar-refractivity contribution in [3.05, 3.63) is 34.3 Å². The van der Waals surface area contributed by atoms with Crippen molar-refractivity contribution in [1.82, 2.24) is 15.3 Å². The van der Waals surface area contributed by atoms with Gasteiger partial charge in [0.2, 0.25) is 5.95 Å². The molecule has 1 fully saturated rings. The lowest BCUT2D eigenvalue weighted by Gasteiger charge is -2.29. The molecule has 0 aliphatic heterocycles. The molecule has 0 aromatic carbocycles. The number of carbonyl (C=O) groups excluding carboxylic acids is 1. The molecule has 0 radical (unpaired) electrons. The third-order valence-corrected chi connectivity index (χ3v) is 4.92. The van der Waals surface area contributed by atoms with Gasteiger partial charge in [-0.2, -0.15) is 4.98 Å². The van der Waals surface area contributed by atoms with Crippen LogP contribution in [0, 0.1) is 6.92 Å². The highest BCUT2D eigenvalue weighted by atomic mass is 79.9. The van der Waals surface area contributed by atoms with Gasteiger partial charge in [0.15, 0.2) is 10.4 Å². The number of aromatic nitrogens is 2. The molecule has 140 valence electrons. The molecule has 0 bridgehead atoms. The van der Waals surface area contributed by atoms with Gasteiger partial charge in [0.1, 0.15) is 5.82 Å². The summed E-state index contributed by atoms with van der Waals surface area (Å²) in [6.07, 6.45) is 3.75. The molecule has 0 saturated heterocycles. The fraction of sp³-hybridized carbons (Fsp3) is 0.500. The van der Waals surface area contributed by atoms with E-state index in [0.717, 1.165) is 37.2 Å². The zero-order chi connectivity index (χ0) is 18.7. The van der Waals surface area contributed by atoms with Gasteiger partial charge in [-0.1, -0.05) is 0 Å². The van der Waals surface area contributed by atoms with Gasteiger partial charge in [0.25, 0.3) is 5.91 Å². The fourth-order valence-corrected chi connectivity index (χ4v) is 3.41. The third-order valence-electron chi connectivity index (χ3n) is 4.49. The van der Waals surface area contributed by atoms with Crippen LogP contribution in [0.1, 0.15) is 41.9 Å². The molecular weight excluding hydrogens is 398 g/mol. The second-order valence-electron chi connectivity index (χ2n) is 6.86. The minimum absolute atomic E-state index is 0.162. The van der Waals surface area contributed by atoms with Crippen LogP contribution >= 0.6 is 15.9 Å². The number of aryl methyl sites for hydroxylation is 1. The summed E-state index contributed by atoms with van der Waals surface area (Å²) in [7, 11) is 3.94. The van der Waals surface area contributed by atoms with Crippen LogP contribution in [0.5, 0.6) is 0 Å². The van der Waals surface area contributed by atoms with Crippen LogP contribution in [0.3, 0.4) is 0 Å². The Balaban J connectivity index is 1.52. The SMILES string of the molecule is Cc1cc(N(C)C)nc(N[C@H]2CC[C@@H](NC(=O)c3ccc(Br)o3)CC2)n1. The molecule has 1 amide bonds. The summed E-state index contributed by atoms with van der Waals surface area (Å²) in [6.45, 7) is 1.97. The van der Waals surface area contributed by atoms with Crippen molar-refractivity contribution in [1.29, 1.82) is 0 Å². The second-order valence-corrected chi connectivity index (χ2v) is 7.64. The third kappa shape index (κ3) is 4.75. The highest BCUT2D eigenvalue weighted by Gasteiger charge is 2.24. The highest BCUT2D eigenvalue weighted by Crippen LogP contribution is 2.23. The average molecular weight is 422 g/mol. The van der Waals surface area contributed by atoms with Crippen LogP contribution < -0.4 is 15.5 Å². The number of hydrogen-bond donors (Lipinski definition) is 2. The Morgan fingerprint density at radius 1 is 1.19 bits per heavy atom. The Morgan fingerprint density at radius 3 is 2.50 bits per heavy atom. The van der Waals surface area contributed by atoms with Crippen LogP contribution in [-0.4, -0.2) is 42.1 Å². The van der Waals surface area contributed by atoms with Gasteiger partial charge in [-0.15, -0.1) is 0 Å². The zero-order valence-electron chi connectivity index (χ0n) is 15.3. The van der Waals surface area contributed by atoms with Crippen molar-refractivity contribution in [3.63, 3.8) is 0 Å². The lowest BCUT2D eigenvalue weighted by molar-refractivity contribution is 0.0897. The smallest absolute Gasteiger partial charge is 0.287 e. The quantitative estimate of drug-likeness (QED) is 0.769. The molecular formula is C18H24BrN5O2. The number of carbonyl (C=O) groups is 1. The molecule has 2 heterocycles. The maximum Gasteiger partial charge on any atom is 0.287 e. The highest BCUT2D eigenvalue weighted by molar-refractivity contribution is 9.10. The summed E-state index contributed by atoms with van der Waals surface area (Å²) in [4.78, 5) is 23.2. The Kier molecular flexibility index (Phi) is 5.80. The lowest BCUT2D eigenvalue weighted by atomic mass is 9.91. The van der Waals surface area contributed by atoms with Crippen molar-refractivity contribution < 1.29 is 9.21 Å². The number of nitrogens with zero attached hydrogens (tertiary/aromatic N) is 3. The number of halogens is 1. The van der Waals surface area contributed by atoms with E-state index in [2.05, 4.69) is 36.5 Å². The average Bonchev–Trinajstić information content (AvgIpc) is 3.03. The Labute approximate surface area is 161 Å². The summed E-state index contributed by atoms with van der Waals surface area (Å²) in [5.74, 6) is 1.73. The van der Waals surface area contributed by atoms with Crippen LogP contribution in [0.2, 0.25) is 0 Å².